The molecule has 0 N–H and O–H groups in total. The number of aromatic nitrogens is 1. The van der Waals surface area contributed by atoms with Crippen LogP contribution >= 0.6 is 11.3 Å². The number of anilines is 1. The van der Waals surface area contributed by atoms with E-state index in [0.717, 1.165) is 27.2 Å². The van der Waals surface area contributed by atoms with Crippen LogP contribution in [0.3, 0.4) is 0 Å². The van der Waals surface area contributed by atoms with Crippen molar-refractivity contribution in [2.45, 2.75) is 44.4 Å². The summed E-state index contributed by atoms with van der Waals surface area (Å²) in [6.07, 6.45) is 6.92. The van der Waals surface area contributed by atoms with E-state index < -0.39 is 5.97 Å². The number of amides is 1. The summed E-state index contributed by atoms with van der Waals surface area (Å²) < 4.78 is 6.06. The van der Waals surface area contributed by atoms with Crippen molar-refractivity contribution in [1.29, 1.82) is 0 Å². The van der Waals surface area contributed by atoms with Gasteiger partial charge in [0.25, 0.3) is 5.91 Å². The molecule has 5 rings (SSSR count). The van der Waals surface area contributed by atoms with Crippen molar-refractivity contribution >= 4 is 39.1 Å². The molecular formula is C24H24N2O3S. The SMILES string of the molecule is COC(=O)c1cc2nc(C3CCCCC3)sc2cc1N1CCc2ccccc2C1=O. The first-order valence-corrected chi connectivity index (χ1v) is 11.4. The Kier molecular flexibility index (Phi) is 5.03. The Morgan fingerprint density at radius 1 is 1.17 bits per heavy atom. The van der Waals surface area contributed by atoms with Crippen LogP contribution in [0.1, 0.15) is 69.3 Å². The van der Waals surface area contributed by atoms with Crippen molar-refractivity contribution in [1.82, 2.24) is 4.98 Å². The highest BCUT2D eigenvalue weighted by molar-refractivity contribution is 7.18. The van der Waals surface area contributed by atoms with Gasteiger partial charge in [-0.1, -0.05) is 37.5 Å². The van der Waals surface area contributed by atoms with E-state index in [0.29, 0.717) is 29.3 Å². The Bertz CT molecular complexity index is 1130. The van der Waals surface area contributed by atoms with Gasteiger partial charge in [-0.3, -0.25) is 4.79 Å². The molecule has 0 bridgehead atoms. The zero-order chi connectivity index (χ0) is 20.7. The Morgan fingerprint density at radius 2 is 1.97 bits per heavy atom. The Hall–Kier alpha value is -2.73. The minimum Gasteiger partial charge on any atom is -0.465 e. The first-order chi connectivity index (χ1) is 14.7. The second-order valence-electron chi connectivity index (χ2n) is 8.08. The first-order valence-electron chi connectivity index (χ1n) is 10.6. The molecule has 1 amide bonds. The zero-order valence-corrected chi connectivity index (χ0v) is 17.8. The summed E-state index contributed by atoms with van der Waals surface area (Å²) in [6, 6.07) is 11.4. The van der Waals surface area contributed by atoms with Crippen LogP contribution in [-0.4, -0.2) is 30.5 Å². The number of hydrogen-bond donors (Lipinski definition) is 0. The number of carbonyl (C=O) groups is 2. The van der Waals surface area contributed by atoms with Crippen molar-refractivity contribution in [3.05, 3.63) is 58.1 Å². The van der Waals surface area contributed by atoms with Gasteiger partial charge < -0.3 is 9.64 Å². The molecule has 2 heterocycles. The monoisotopic (exact) mass is 420 g/mol. The smallest absolute Gasteiger partial charge is 0.340 e. The van der Waals surface area contributed by atoms with E-state index in [4.69, 9.17) is 9.72 Å². The number of ether oxygens (including phenoxy) is 1. The molecule has 6 heteroatoms. The Balaban J connectivity index is 1.59. The summed E-state index contributed by atoms with van der Waals surface area (Å²) in [5.74, 6) is -0.00572. The fourth-order valence-electron chi connectivity index (χ4n) is 4.66. The molecule has 1 aromatic heterocycles. The molecule has 2 aliphatic rings. The molecule has 0 saturated heterocycles. The Morgan fingerprint density at radius 3 is 2.77 bits per heavy atom. The molecule has 5 nitrogen and oxygen atoms in total. The van der Waals surface area contributed by atoms with Gasteiger partial charge in [-0.15, -0.1) is 11.3 Å². The van der Waals surface area contributed by atoms with E-state index in [9.17, 15) is 9.59 Å². The van der Waals surface area contributed by atoms with E-state index >= 15 is 0 Å². The van der Waals surface area contributed by atoms with Crippen molar-refractivity contribution in [2.75, 3.05) is 18.6 Å². The second-order valence-corrected chi connectivity index (χ2v) is 9.14. The molecular weight excluding hydrogens is 396 g/mol. The molecule has 0 radical (unpaired) electrons. The minimum absolute atomic E-state index is 0.0710. The number of thiazole rings is 1. The third kappa shape index (κ3) is 3.29. The summed E-state index contributed by atoms with van der Waals surface area (Å²) in [7, 11) is 1.37. The lowest BCUT2D eigenvalue weighted by Gasteiger charge is -2.29. The minimum atomic E-state index is -0.439. The van der Waals surface area contributed by atoms with Crippen LogP contribution in [0.15, 0.2) is 36.4 Å². The van der Waals surface area contributed by atoms with Gasteiger partial charge in [0.1, 0.15) is 0 Å². The predicted molar refractivity (Wildman–Crippen MR) is 119 cm³/mol. The highest BCUT2D eigenvalue weighted by Crippen LogP contribution is 2.39. The van der Waals surface area contributed by atoms with Crippen molar-refractivity contribution in [3.63, 3.8) is 0 Å². The standard InChI is InChI=1S/C24H24N2O3S/c1-29-24(28)18-13-19-21(30-22(25-19)16-8-3-2-4-9-16)14-20(18)26-12-11-15-7-5-6-10-17(15)23(26)27/h5-7,10,13-14,16H,2-4,8-9,11-12H2,1H3. The van der Waals surface area contributed by atoms with Crippen LogP contribution < -0.4 is 4.90 Å². The molecule has 30 heavy (non-hydrogen) atoms. The molecule has 2 aromatic carbocycles. The van der Waals surface area contributed by atoms with Crippen molar-refractivity contribution in [2.24, 2.45) is 0 Å². The number of esters is 1. The zero-order valence-electron chi connectivity index (χ0n) is 17.0. The average molecular weight is 421 g/mol. The summed E-state index contributed by atoms with van der Waals surface area (Å²) >= 11 is 1.70. The topological polar surface area (TPSA) is 59.5 Å². The van der Waals surface area contributed by atoms with E-state index in [2.05, 4.69) is 0 Å². The van der Waals surface area contributed by atoms with E-state index in [1.54, 1.807) is 22.3 Å². The first kappa shape index (κ1) is 19.2. The lowest BCUT2D eigenvalue weighted by atomic mass is 9.90. The van der Waals surface area contributed by atoms with Crippen LogP contribution in [0.4, 0.5) is 5.69 Å². The molecule has 0 spiro atoms. The lowest BCUT2D eigenvalue weighted by Crippen LogP contribution is -2.38. The average Bonchev–Trinajstić information content (AvgIpc) is 3.22. The highest BCUT2D eigenvalue weighted by atomic mass is 32.1. The maximum atomic E-state index is 13.2. The normalized spacial score (nSPS) is 17.2. The summed E-state index contributed by atoms with van der Waals surface area (Å²) in [5, 5.41) is 1.15. The summed E-state index contributed by atoms with van der Waals surface area (Å²) in [4.78, 5) is 32.4. The molecule has 154 valence electrons. The predicted octanol–water partition coefficient (Wildman–Crippen LogP) is 5.33. The fourth-order valence-corrected chi connectivity index (χ4v) is 5.81. The van der Waals surface area contributed by atoms with Crippen LogP contribution in [0, 0.1) is 0 Å². The molecule has 0 unspecified atom stereocenters. The third-order valence-electron chi connectivity index (χ3n) is 6.27. The molecule has 1 fully saturated rings. The number of carbonyl (C=O) groups excluding carboxylic acids is 2. The fraction of sp³-hybridized carbons (Fsp3) is 0.375. The lowest BCUT2D eigenvalue weighted by molar-refractivity contribution is 0.0601. The van der Waals surface area contributed by atoms with Gasteiger partial charge in [0.15, 0.2) is 0 Å². The molecule has 1 aliphatic heterocycles. The highest BCUT2D eigenvalue weighted by Gasteiger charge is 2.30. The summed E-state index contributed by atoms with van der Waals surface area (Å²) in [5.41, 5.74) is 3.59. The number of methoxy groups -OCH3 is 1. The van der Waals surface area contributed by atoms with Gasteiger partial charge in [0, 0.05) is 18.0 Å². The maximum absolute atomic E-state index is 13.2. The molecule has 3 aromatic rings. The largest absolute Gasteiger partial charge is 0.465 e. The maximum Gasteiger partial charge on any atom is 0.340 e. The van der Waals surface area contributed by atoms with Gasteiger partial charge in [-0.2, -0.15) is 0 Å². The van der Waals surface area contributed by atoms with Gasteiger partial charge >= 0.3 is 5.97 Å². The number of nitrogens with zero attached hydrogens (tertiary/aromatic N) is 2. The van der Waals surface area contributed by atoms with Gasteiger partial charge in [0.2, 0.25) is 0 Å². The molecule has 1 saturated carbocycles. The van der Waals surface area contributed by atoms with Gasteiger partial charge in [-0.25, -0.2) is 9.78 Å². The van der Waals surface area contributed by atoms with Crippen LogP contribution in [0.5, 0.6) is 0 Å². The van der Waals surface area contributed by atoms with Crippen LogP contribution in [0.2, 0.25) is 0 Å². The second kappa shape index (κ2) is 7.84. The number of rotatable bonds is 3. The number of hydrogen-bond acceptors (Lipinski definition) is 5. The molecule has 0 atom stereocenters. The van der Waals surface area contributed by atoms with Crippen molar-refractivity contribution < 1.29 is 14.3 Å². The van der Waals surface area contributed by atoms with Gasteiger partial charge in [-0.05, 0) is 43.0 Å². The third-order valence-corrected chi connectivity index (χ3v) is 7.45. The van der Waals surface area contributed by atoms with E-state index in [-0.39, 0.29) is 5.91 Å². The van der Waals surface area contributed by atoms with Crippen LogP contribution in [0.25, 0.3) is 10.2 Å². The Labute approximate surface area is 179 Å². The quantitative estimate of drug-likeness (QED) is 0.537. The van der Waals surface area contributed by atoms with E-state index in [1.807, 2.05) is 30.3 Å². The summed E-state index contributed by atoms with van der Waals surface area (Å²) in [6.45, 7) is 0.541. The molecule has 1 aliphatic carbocycles. The van der Waals surface area contributed by atoms with Gasteiger partial charge in [0.05, 0.1) is 33.6 Å². The van der Waals surface area contributed by atoms with E-state index in [1.165, 1.54) is 39.2 Å². The van der Waals surface area contributed by atoms with Crippen LogP contribution in [-0.2, 0) is 11.2 Å². The number of benzene rings is 2. The number of fused-ring (bicyclic) bond motifs is 2. The van der Waals surface area contributed by atoms with Crippen molar-refractivity contribution in [3.8, 4) is 0 Å².